The highest BCUT2D eigenvalue weighted by molar-refractivity contribution is 5.87. The minimum atomic E-state index is -1.05. The molecule has 1 saturated heterocycles. The van der Waals surface area contributed by atoms with Crippen molar-refractivity contribution in [3.8, 4) is 0 Å². The van der Waals surface area contributed by atoms with Crippen LogP contribution >= 0.6 is 0 Å². The number of ether oxygens (including phenoxy) is 2. The Morgan fingerprint density at radius 2 is 1.67 bits per heavy atom. The molecule has 36 heavy (non-hydrogen) atoms. The second-order valence-corrected chi connectivity index (χ2v) is 10.2. The van der Waals surface area contributed by atoms with Gasteiger partial charge in [0.15, 0.2) is 0 Å². The minimum Gasteiger partial charge on any atom is -0.481 e. The summed E-state index contributed by atoms with van der Waals surface area (Å²) in [5, 5.41) is 12.2. The van der Waals surface area contributed by atoms with Crippen LogP contribution in [0.1, 0.15) is 57.6 Å². The summed E-state index contributed by atoms with van der Waals surface area (Å²) in [6.45, 7) is 7.57. The minimum absolute atomic E-state index is 0.00206. The first-order chi connectivity index (χ1) is 17.0. The Morgan fingerprint density at radius 1 is 1.06 bits per heavy atom. The molecule has 0 spiro atoms. The Bertz CT molecular complexity index is 1020. The molecular formula is C28H36N2O6. The van der Waals surface area contributed by atoms with Gasteiger partial charge < -0.3 is 24.8 Å². The fraction of sp³-hybridized carbons (Fsp3) is 0.464. The third-order valence-corrected chi connectivity index (χ3v) is 6.14. The third-order valence-electron chi connectivity index (χ3n) is 6.14. The van der Waals surface area contributed by atoms with E-state index in [1.807, 2.05) is 60.7 Å². The fourth-order valence-corrected chi connectivity index (χ4v) is 4.44. The highest BCUT2D eigenvalue weighted by Gasteiger charge is 2.42. The summed E-state index contributed by atoms with van der Waals surface area (Å²) in [6, 6.07) is 17.7. The van der Waals surface area contributed by atoms with Gasteiger partial charge in [-0.15, -0.1) is 0 Å². The summed E-state index contributed by atoms with van der Waals surface area (Å²) < 4.78 is 11.4. The van der Waals surface area contributed by atoms with Crippen LogP contribution in [0.3, 0.4) is 0 Å². The van der Waals surface area contributed by atoms with Gasteiger partial charge in [0.1, 0.15) is 11.6 Å². The number of amides is 2. The summed E-state index contributed by atoms with van der Waals surface area (Å²) in [5.41, 5.74) is 1.24. The molecule has 1 aliphatic rings. The number of nitrogens with zero attached hydrogens (tertiary/aromatic N) is 1. The van der Waals surface area contributed by atoms with E-state index in [4.69, 9.17) is 9.47 Å². The normalized spacial score (nSPS) is 19.4. The lowest BCUT2D eigenvalue weighted by atomic mass is 9.95. The zero-order chi connectivity index (χ0) is 26.3. The van der Waals surface area contributed by atoms with Crippen molar-refractivity contribution in [1.29, 1.82) is 0 Å². The van der Waals surface area contributed by atoms with Gasteiger partial charge in [-0.1, -0.05) is 60.7 Å². The lowest BCUT2D eigenvalue weighted by Crippen LogP contribution is -2.56. The largest absolute Gasteiger partial charge is 0.481 e. The number of hydrogen-bond donors (Lipinski definition) is 2. The lowest BCUT2D eigenvalue weighted by molar-refractivity contribution is -0.142. The van der Waals surface area contributed by atoms with Crippen LogP contribution in [0.5, 0.6) is 0 Å². The topological polar surface area (TPSA) is 105 Å². The Hall–Kier alpha value is -3.39. The molecule has 2 aromatic carbocycles. The smallest absolute Gasteiger partial charge is 0.408 e. The molecular weight excluding hydrogens is 460 g/mol. The molecule has 2 N–H and O–H groups in total. The maximum atomic E-state index is 13.9. The Labute approximate surface area is 212 Å². The summed E-state index contributed by atoms with van der Waals surface area (Å²) in [5.74, 6) is -1.36. The highest BCUT2D eigenvalue weighted by atomic mass is 16.6. The van der Waals surface area contributed by atoms with Crippen LogP contribution in [0.2, 0.25) is 0 Å². The quantitative estimate of drug-likeness (QED) is 0.535. The second kappa shape index (κ2) is 12.0. The Kier molecular flexibility index (Phi) is 9.09. The zero-order valence-electron chi connectivity index (χ0n) is 21.3. The van der Waals surface area contributed by atoms with Crippen LogP contribution in [0.4, 0.5) is 4.79 Å². The van der Waals surface area contributed by atoms with Crippen molar-refractivity contribution >= 4 is 18.0 Å². The maximum absolute atomic E-state index is 13.9. The third kappa shape index (κ3) is 7.81. The van der Waals surface area contributed by atoms with Crippen LogP contribution in [-0.2, 0) is 25.7 Å². The van der Waals surface area contributed by atoms with Gasteiger partial charge in [-0.25, -0.2) is 4.79 Å². The van der Waals surface area contributed by atoms with E-state index in [0.717, 1.165) is 11.1 Å². The molecule has 0 aliphatic carbocycles. The molecule has 194 valence electrons. The fourth-order valence-electron chi connectivity index (χ4n) is 4.44. The molecule has 0 aromatic heterocycles. The number of carbonyl (C=O) groups is 3. The van der Waals surface area contributed by atoms with Crippen LogP contribution in [0, 0.1) is 0 Å². The predicted octanol–water partition coefficient (Wildman–Crippen LogP) is 4.34. The number of hydrogen-bond acceptors (Lipinski definition) is 5. The standard InChI is InChI=1S/C28H36N2O6/c1-19(35-18-20-11-7-5-8-12-20)25(29-27(34)36-28(2,3)4)26(33)30-17-22(15-23(30)16-24(31)32)21-13-9-6-10-14-21/h5-14,19,22-23,25H,15-18H2,1-4H3,(H,29,34)(H,31,32)/t19-,22+,23-,25+/m1/s1. The van der Waals surface area contributed by atoms with Crippen molar-refractivity contribution in [2.45, 2.75) is 76.9 Å². The summed E-state index contributed by atoms with van der Waals surface area (Å²) in [4.78, 5) is 39.7. The average molecular weight is 497 g/mol. The van der Waals surface area contributed by atoms with E-state index >= 15 is 0 Å². The molecule has 2 aromatic rings. The molecule has 0 bridgehead atoms. The monoisotopic (exact) mass is 496 g/mol. The molecule has 0 unspecified atom stereocenters. The summed E-state index contributed by atoms with van der Waals surface area (Å²) >= 11 is 0. The van der Waals surface area contributed by atoms with Crippen molar-refractivity contribution in [2.75, 3.05) is 6.54 Å². The van der Waals surface area contributed by atoms with Crippen LogP contribution in [0.25, 0.3) is 0 Å². The molecule has 1 fully saturated rings. The Morgan fingerprint density at radius 3 is 2.25 bits per heavy atom. The summed E-state index contributed by atoms with van der Waals surface area (Å²) in [6.07, 6.45) is -1.07. The van der Waals surface area contributed by atoms with E-state index in [0.29, 0.717) is 13.0 Å². The number of benzene rings is 2. The first-order valence-electron chi connectivity index (χ1n) is 12.3. The first-order valence-corrected chi connectivity index (χ1v) is 12.3. The van der Waals surface area contributed by atoms with Gasteiger partial charge >= 0.3 is 12.1 Å². The molecule has 8 heteroatoms. The number of carbonyl (C=O) groups excluding carboxylic acids is 2. The van der Waals surface area contributed by atoms with Crippen molar-refractivity contribution < 1.29 is 29.0 Å². The molecule has 4 atom stereocenters. The molecule has 1 heterocycles. The number of carboxylic acids is 1. The number of likely N-dealkylation sites (tertiary alicyclic amines) is 1. The van der Waals surface area contributed by atoms with Crippen molar-refractivity contribution in [3.05, 3.63) is 71.8 Å². The van der Waals surface area contributed by atoms with Gasteiger partial charge in [-0.3, -0.25) is 9.59 Å². The number of carboxylic acid groups (broad SMARTS) is 1. The molecule has 3 rings (SSSR count). The number of rotatable bonds is 9. The second-order valence-electron chi connectivity index (χ2n) is 10.2. The van der Waals surface area contributed by atoms with Crippen LogP contribution < -0.4 is 5.32 Å². The van der Waals surface area contributed by atoms with E-state index in [1.54, 1.807) is 32.6 Å². The van der Waals surface area contributed by atoms with Gasteiger partial charge in [0.2, 0.25) is 5.91 Å². The molecule has 2 amide bonds. The average Bonchev–Trinajstić information content (AvgIpc) is 3.24. The van der Waals surface area contributed by atoms with Gasteiger partial charge in [-0.05, 0) is 45.2 Å². The van der Waals surface area contributed by atoms with Gasteiger partial charge in [0.25, 0.3) is 0 Å². The molecule has 0 saturated carbocycles. The predicted molar refractivity (Wildman–Crippen MR) is 135 cm³/mol. The van der Waals surface area contributed by atoms with Gasteiger partial charge in [0.05, 0.1) is 19.1 Å². The van der Waals surface area contributed by atoms with Crippen LogP contribution in [0.15, 0.2) is 60.7 Å². The Balaban J connectivity index is 1.82. The van der Waals surface area contributed by atoms with E-state index in [2.05, 4.69) is 5.32 Å². The zero-order valence-corrected chi connectivity index (χ0v) is 21.3. The highest BCUT2D eigenvalue weighted by Crippen LogP contribution is 2.34. The molecule has 8 nitrogen and oxygen atoms in total. The van der Waals surface area contributed by atoms with E-state index in [9.17, 15) is 19.5 Å². The van der Waals surface area contributed by atoms with E-state index < -0.39 is 35.9 Å². The molecule has 0 radical (unpaired) electrons. The van der Waals surface area contributed by atoms with Crippen LogP contribution in [-0.4, -0.2) is 58.3 Å². The maximum Gasteiger partial charge on any atom is 0.408 e. The van der Waals surface area contributed by atoms with Crippen molar-refractivity contribution in [3.63, 3.8) is 0 Å². The number of nitrogens with one attached hydrogen (secondary N) is 1. The number of alkyl carbamates (subject to hydrolysis) is 1. The van der Waals surface area contributed by atoms with Crippen molar-refractivity contribution in [2.24, 2.45) is 0 Å². The van der Waals surface area contributed by atoms with E-state index in [1.165, 1.54) is 0 Å². The SMILES string of the molecule is C[C@@H](OCc1ccccc1)[C@H](NC(=O)OC(C)(C)C)C(=O)N1C[C@@H](c2ccccc2)C[C@@H]1CC(=O)O. The van der Waals surface area contributed by atoms with Gasteiger partial charge in [-0.2, -0.15) is 0 Å². The lowest BCUT2D eigenvalue weighted by Gasteiger charge is -2.32. The summed E-state index contributed by atoms with van der Waals surface area (Å²) in [7, 11) is 0. The van der Waals surface area contributed by atoms with Crippen molar-refractivity contribution in [1.82, 2.24) is 10.2 Å². The van der Waals surface area contributed by atoms with E-state index in [-0.39, 0.29) is 24.9 Å². The van der Waals surface area contributed by atoms with Gasteiger partial charge in [0, 0.05) is 18.5 Å². The molecule has 1 aliphatic heterocycles. The first kappa shape index (κ1) is 27.2. The number of aliphatic carboxylic acids is 1.